The van der Waals surface area contributed by atoms with Gasteiger partial charge in [-0.3, -0.25) is 4.79 Å². The van der Waals surface area contributed by atoms with Crippen LogP contribution < -0.4 is 5.32 Å². The Labute approximate surface area is 120 Å². The summed E-state index contributed by atoms with van der Waals surface area (Å²) in [6, 6.07) is 1.76. The van der Waals surface area contributed by atoms with Gasteiger partial charge in [0.05, 0.1) is 8.45 Å². The van der Waals surface area contributed by atoms with Crippen LogP contribution in [-0.4, -0.2) is 34.0 Å². The topological polar surface area (TPSA) is 66.4 Å². The standard InChI is InChI=1S/C10H10INO3S2/c11-7-3-6(4-17-7)8(13)12-10(9(14)15)1-2-16-5-10/h3-4H,1-2,5H2,(H,12,13)(H,14,15). The summed E-state index contributed by atoms with van der Waals surface area (Å²) in [4.78, 5) is 23.2. The fraction of sp³-hybridized carbons (Fsp3) is 0.400. The number of nitrogens with one attached hydrogen (secondary N) is 1. The van der Waals surface area contributed by atoms with Crippen LogP contribution in [0.25, 0.3) is 0 Å². The number of rotatable bonds is 3. The molecule has 1 aliphatic heterocycles. The second kappa shape index (κ2) is 5.15. The maximum atomic E-state index is 11.9. The molecule has 1 aromatic rings. The molecule has 1 atom stereocenters. The zero-order valence-corrected chi connectivity index (χ0v) is 12.5. The Hall–Kier alpha value is -0.280. The number of halogens is 1. The van der Waals surface area contributed by atoms with Gasteiger partial charge in [-0.05, 0) is 40.8 Å². The molecule has 0 bridgehead atoms. The van der Waals surface area contributed by atoms with E-state index >= 15 is 0 Å². The van der Waals surface area contributed by atoms with Gasteiger partial charge in [-0.1, -0.05) is 0 Å². The zero-order valence-electron chi connectivity index (χ0n) is 8.73. The van der Waals surface area contributed by atoms with Crippen LogP contribution in [0.4, 0.5) is 0 Å². The Morgan fingerprint density at radius 2 is 2.29 bits per heavy atom. The monoisotopic (exact) mass is 383 g/mol. The van der Waals surface area contributed by atoms with Gasteiger partial charge in [-0.2, -0.15) is 11.8 Å². The van der Waals surface area contributed by atoms with Crippen molar-refractivity contribution in [3.05, 3.63) is 19.9 Å². The fourth-order valence-electron chi connectivity index (χ4n) is 1.60. The molecule has 0 saturated carbocycles. The van der Waals surface area contributed by atoms with E-state index in [0.717, 1.165) is 8.64 Å². The molecule has 2 rings (SSSR count). The van der Waals surface area contributed by atoms with E-state index in [9.17, 15) is 14.7 Å². The first kappa shape index (κ1) is 13.2. The lowest BCUT2D eigenvalue weighted by atomic mass is 9.99. The smallest absolute Gasteiger partial charge is 0.330 e. The summed E-state index contributed by atoms with van der Waals surface area (Å²) < 4.78 is 1.01. The van der Waals surface area contributed by atoms with Gasteiger partial charge in [0.2, 0.25) is 0 Å². The highest BCUT2D eigenvalue weighted by molar-refractivity contribution is 14.1. The fourth-order valence-corrected chi connectivity index (χ4v) is 4.26. The van der Waals surface area contributed by atoms with Crippen molar-refractivity contribution in [1.29, 1.82) is 0 Å². The Morgan fingerprint density at radius 1 is 1.53 bits per heavy atom. The van der Waals surface area contributed by atoms with E-state index in [2.05, 4.69) is 27.9 Å². The highest BCUT2D eigenvalue weighted by Crippen LogP contribution is 2.29. The number of aliphatic carboxylic acids is 1. The van der Waals surface area contributed by atoms with Crippen molar-refractivity contribution >= 4 is 57.6 Å². The molecule has 2 N–H and O–H groups in total. The summed E-state index contributed by atoms with van der Waals surface area (Å²) in [5.74, 6) is -0.0295. The van der Waals surface area contributed by atoms with E-state index in [1.165, 1.54) is 11.3 Å². The predicted molar refractivity (Wildman–Crippen MR) is 76.8 cm³/mol. The summed E-state index contributed by atoms with van der Waals surface area (Å²) in [5.41, 5.74) is -0.549. The molecule has 17 heavy (non-hydrogen) atoms. The number of thioether (sulfide) groups is 1. The van der Waals surface area contributed by atoms with Gasteiger partial charge in [0.15, 0.2) is 0 Å². The Kier molecular flexibility index (Phi) is 3.99. The quantitative estimate of drug-likeness (QED) is 0.785. The average molecular weight is 383 g/mol. The normalized spacial score (nSPS) is 23.6. The molecule has 0 spiro atoms. The van der Waals surface area contributed by atoms with Gasteiger partial charge in [-0.15, -0.1) is 11.3 Å². The van der Waals surface area contributed by atoms with E-state index in [4.69, 9.17) is 0 Å². The van der Waals surface area contributed by atoms with Crippen LogP contribution in [0.3, 0.4) is 0 Å². The molecular weight excluding hydrogens is 373 g/mol. The van der Waals surface area contributed by atoms with Crippen LogP contribution >= 0.6 is 45.7 Å². The number of carboxylic acid groups (broad SMARTS) is 1. The third kappa shape index (κ3) is 2.76. The van der Waals surface area contributed by atoms with E-state index < -0.39 is 11.5 Å². The van der Waals surface area contributed by atoms with E-state index in [0.29, 0.717) is 17.7 Å². The van der Waals surface area contributed by atoms with Gasteiger partial charge in [0, 0.05) is 11.1 Å². The van der Waals surface area contributed by atoms with Crippen molar-refractivity contribution in [1.82, 2.24) is 5.32 Å². The predicted octanol–water partition coefficient (Wildman–Crippen LogP) is 2.04. The first-order chi connectivity index (χ1) is 8.03. The maximum Gasteiger partial charge on any atom is 0.330 e. The zero-order chi connectivity index (χ0) is 12.5. The number of carboxylic acids is 1. The van der Waals surface area contributed by atoms with Gasteiger partial charge in [0.25, 0.3) is 5.91 Å². The van der Waals surface area contributed by atoms with Crippen LogP contribution in [-0.2, 0) is 4.79 Å². The summed E-state index contributed by atoms with van der Waals surface area (Å²) in [6.45, 7) is 0. The second-order valence-electron chi connectivity index (χ2n) is 3.78. The molecule has 1 unspecified atom stereocenters. The molecule has 0 aliphatic carbocycles. The van der Waals surface area contributed by atoms with Gasteiger partial charge >= 0.3 is 5.97 Å². The van der Waals surface area contributed by atoms with Crippen molar-refractivity contribution in [2.75, 3.05) is 11.5 Å². The van der Waals surface area contributed by atoms with Crippen molar-refractivity contribution in [2.45, 2.75) is 12.0 Å². The Balaban J connectivity index is 2.14. The van der Waals surface area contributed by atoms with Gasteiger partial charge in [-0.25, -0.2) is 4.79 Å². The van der Waals surface area contributed by atoms with Crippen molar-refractivity contribution in [3.8, 4) is 0 Å². The highest BCUT2D eigenvalue weighted by Gasteiger charge is 2.43. The molecular formula is C10H10INO3S2. The molecule has 4 nitrogen and oxygen atoms in total. The van der Waals surface area contributed by atoms with Crippen LogP contribution in [0.5, 0.6) is 0 Å². The Bertz CT molecular complexity index is 454. The molecule has 1 aromatic heterocycles. The SMILES string of the molecule is O=C(NC1(C(=O)O)CCSC1)c1csc(I)c1. The summed E-state index contributed by atoms with van der Waals surface area (Å²) in [6.07, 6.45) is 0.486. The number of hydrogen-bond donors (Lipinski definition) is 2. The first-order valence-electron chi connectivity index (χ1n) is 4.91. The largest absolute Gasteiger partial charge is 0.479 e. The van der Waals surface area contributed by atoms with Crippen molar-refractivity contribution in [2.24, 2.45) is 0 Å². The number of thiophene rings is 1. The molecule has 1 amide bonds. The molecule has 92 valence electrons. The first-order valence-corrected chi connectivity index (χ1v) is 8.02. The second-order valence-corrected chi connectivity index (χ2v) is 7.69. The number of carbonyl (C=O) groups is 2. The molecule has 7 heteroatoms. The van der Waals surface area contributed by atoms with E-state index in [-0.39, 0.29) is 5.91 Å². The minimum absolute atomic E-state index is 0.297. The van der Waals surface area contributed by atoms with Crippen molar-refractivity contribution < 1.29 is 14.7 Å². The lowest BCUT2D eigenvalue weighted by Crippen LogP contribution is -2.54. The number of carbonyl (C=O) groups excluding carboxylic acids is 1. The van der Waals surface area contributed by atoms with Gasteiger partial charge < -0.3 is 10.4 Å². The van der Waals surface area contributed by atoms with Crippen molar-refractivity contribution in [3.63, 3.8) is 0 Å². The molecule has 1 aliphatic rings. The van der Waals surface area contributed by atoms with E-state index in [1.807, 2.05) is 0 Å². The van der Waals surface area contributed by atoms with Crippen LogP contribution in [0.2, 0.25) is 0 Å². The summed E-state index contributed by atoms with van der Waals surface area (Å²) >= 11 is 5.16. The third-order valence-electron chi connectivity index (χ3n) is 2.61. The molecule has 0 radical (unpaired) electrons. The van der Waals surface area contributed by atoms with Gasteiger partial charge in [0.1, 0.15) is 5.54 Å². The maximum absolute atomic E-state index is 11.9. The lowest BCUT2D eigenvalue weighted by Gasteiger charge is -2.24. The summed E-state index contributed by atoms with van der Waals surface area (Å²) in [7, 11) is 0. The molecule has 1 fully saturated rings. The minimum Gasteiger partial charge on any atom is -0.479 e. The average Bonchev–Trinajstić information content (AvgIpc) is 2.87. The molecule has 0 aromatic carbocycles. The number of amides is 1. The number of hydrogen-bond acceptors (Lipinski definition) is 4. The molecule has 1 saturated heterocycles. The summed E-state index contributed by atoms with van der Waals surface area (Å²) in [5, 5.41) is 13.6. The third-order valence-corrected chi connectivity index (χ3v) is 5.59. The van der Waals surface area contributed by atoms with Crippen LogP contribution in [0, 0.1) is 2.88 Å². The lowest BCUT2D eigenvalue weighted by molar-refractivity contribution is -0.143. The van der Waals surface area contributed by atoms with Crippen LogP contribution in [0.15, 0.2) is 11.4 Å². The minimum atomic E-state index is -1.09. The van der Waals surface area contributed by atoms with Crippen LogP contribution in [0.1, 0.15) is 16.8 Å². The highest BCUT2D eigenvalue weighted by atomic mass is 127. The van der Waals surface area contributed by atoms with E-state index in [1.54, 1.807) is 23.2 Å². The Morgan fingerprint density at radius 3 is 2.76 bits per heavy atom. The molecule has 2 heterocycles.